The molecule has 0 saturated carbocycles. The second kappa shape index (κ2) is 8.31. The summed E-state index contributed by atoms with van der Waals surface area (Å²) in [4.78, 5) is 28.2. The Hall–Kier alpha value is -3.06. The molecule has 0 spiro atoms. The van der Waals surface area contributed by atoms with Crippen LogP contribution < -0.4 is 10.1 Å². The van der Waals surface area contributed by atoms with E-state index >= 15 is 0 Å². The molecule has 6 nitrogen and oxygen atoms in total. The van der Waals surface area contributed by atoms with Gasteiger partial charge in [-0.3, -0.25) is 4.79 Å². The van der Waals surface area contributed by atoms with Gasteiger partial charge in [-0.1, -0.05) is 29.8 Å². The Kier molecular flexibility index (Phi) is 5.84. The SMILES string of the molecule is Cc1ccc(N=C2NC(=O)/C(=C/c3ccc(O[C@H](C)C(=O)O)cc3)S2)c(C)c1. The Bertz CT molecular complexity index is 980. The molecule has 0 bridgehead atoms. The number of carboxylic acid groups (broad SMARTS) is 1. The van der Waals surface area contributed by atoms with E-state index in [9.17, 15) is 9.59 Å². The summed E-state index contributed by atoms with van der Waals surface area (Å²) in [5.74, 6) is -0.771. The minimum atomic E-state index is -1.03. The quantitative estimate of drug-likeness (QED) is 0.745. The molecule has 1 aliphatic heterocycles. The average molecular weight is 396 g/mol. The number of carbonyl (C=O) groups excluding carboxylic acids is 1. The first kappa shape index (κ1) is 19.7. The fourth-order valence-electron chi connectivity index (χ4n) is 2.57. The number of hydrogen-bond donors (Lipinski definition) is 2. The predicted octanol–water partition coefficient (Wildman–Crippen LogP) is 4.05. The Morgan fingerprint density at radius 2 is 1.93 bits per heavy atom. The van der Waals surface area contributed by atoms with E-state index in [0.717, 1.165) is 22.4 Å². The summed E-state index contributed by atoms with van der Waals surface area (Å²) in [5, 5.41) is 12.2. The monoisotopic (exact) mass is 396 g/mol. The van der Waals surface area contributed by atoms with Crippen molar-refractivity contribution in [1.82, 2.24) is 5.32 Å². The zero-order valence-corrected chi connectivity index (χ0v) is 16.5. The van der Waals surface area contributed by atoms with E-state index in [0.29, 0.717) is 15.8 Å². The molecule has 144 valence electrons. The second-order valence-electron chi connectivity index (χ2n) is 6.44. The number of nitrogens with zero attached hydrogens (tertiary/aromatic N) is 1. The Morgan fingerprint density at radius 3 is 2.57 bits per heavy atom. The van der Waals surface area contributed by atoms with Crippen LogP contribution in [-0.4, -0.2) is 28.3 Å². The van der Waals surface area contributed by atoms with Crippen LogP contribution >= 0.6 is 11.8 Å². The van der Waals surface area contributed by atoms with E-state index in [4.69, 9.17) is 9.84 Å². The topological polar surface area (TPSA) is 88.0 Å². The third kappa shape index (κ3) is 4.80. The van der Waals surface area contributed by atoms with Gasteiger partial charge >= 0.3 is 5.97 Å². The summed E-state index contributed by atoms with van der Waals surface area (Å²) in [6, 6.07) is 12.9. The van der Waals surface area contributed by atoms with E-state index < -0.39 is 12.1 Å². The van der Waals surface area contributed by atoms with Gasteiger partial charge < -0.3 is 15.2 Å². The van der Waals surface area contributed by atoms with E-state index in [2.05, 4.69) is 10.3 Å². The highest BCUT2D eigenvalue weighted by Gasteiger charge is 2.24. The van der Waals surface area contributed by atoms with Gasteiger partial charge in [-0.05, 0) is 67.9 Å². The maximum Gasteiger partial charge on any atom is 0.344 e. The molecule has 3 rings (SSSR count). The van der Waals surface area contributed by atoms with Gasteiger partial charge in [0.15, 0.2) is 11.3 Å². The van der Waals surface area contributed by atoms with Crippen molar-refractivity contribution in [1.29, 1.82) is 0 Å². The molecule has 1 amide bonds. The number of amidine groups is 1. The summed E-state index contributed by atoms with van der Waals surface area (Å²) in [6.07, 6.45) is 0.832. The minimum Gasteiger partial charge on any atom is -0.479 e. The van der Waals surface area contributed by atoms with Crippen molar-refractivity contribution in [2.24, 2.45) is 4.99 Å². The van der Waals surface area contributed by atoms with E-state index in [1.165, 1.54) is 18.7 Å². The molecular formula is C21H20N2O4S. The highest BCUT2D eigenvalue weighted by atomic mass is 32.2. The number of rotatable bonds is 5. The highest BCUT2D eigenvalue weighted by molar-refractivity contribution is 8.18. The molecule has 7 heteroatoms. The maximum atomic E-state index is 12.2. The van der Waals surface area contributed by atoms with E-state index in [-0.39, 0.29) is 5.91 Å². The number of thioether (sulfide) groups is 1. The van der Waals surface area contributed by atoms with Crippen molar-refractivity contribution in [2.75, 3.05) is 0 Å². The van der Waals surface area contributed by atoms with Gasteiger partial charge in [-0.2, -0.15) is 0 Å². The van der Waals surface area contributed by atoms with Gasteiger partial charge in [-0.25, -0.2) is 9.79 Å². The number of carbonyl (C=O) groups is 2. The molecule has 0 aromatic heterocycles. The lowest BCUT2D eigenvalue weighted by Gasteiger charge is -2.10. The van der Waals surface area contributed by atoms with Gasteiger partial charge in [-0.15, -0.1) is 0 Å². The van der Waals surface area contributed by atoms with E-state index in [1.54, 1.807) is 30.3 Å². The molecule has 1 aliphatic rings. The van der Waals surface area contributed by atoms with Crippen LogP contribution in [0.5, 0.6) is 5.75 Å². The summed E-state index contributed by atoms with van der Waals surface area (Å²) in [6.45, 7) is 5.48. The summed E-state index contributed by atoms with van der Waals surface area (Å²) in [5.41, 5.74) is 3.84. The lowest BCUT2D eigenvalue weighted by molar-refractivity contribution is -0.144. The number of ether oxygens (including phenoxy) is 1. The lowest BCUT2D eigenvalue weighted by Crippen LogP contribution is -2.22. The fourth-order valence-corrected chi connectivity index (χ4v) is 3.40. The fraction of sp³-hybridized carbons (Fsp3) is 0.190. The van der Waals surface area contributed by atoms with Crippen molar-refractivity contribution < 1.29 is 19.4 Å². The van der Waals surface area contributed by atoms with Crippen LogP contribution in [0.4, 0.5) is 5.69 Å². The largest absolute Gasteiger partial charge is 0.479 e. The Morgan fingerprint density at radius 1 is 1.21 bits per heavy atom. The van der Waals surface area contributed by atoms with Crippen LogP contribution in [-0.2, 0) is 9.59 Å². The van der Waals surface area contributed by atoms with Crippen molar-refractivity contribution in [2.45, 2.75) is 26.9 Å². The Balaban J connectivity index is 1.73. The summed E-state index contributed by atoms with van der Waals surface area (Å²) < 4.78 is 5.30. The zero-order valence-electron chi connectivity index (χ0n) is 15.7. The molecule has 1 fully saturated rings. The molecule has 0 radical (unpaired) electrons. The first-order chi connectivity index (χ1) is 13.3. The molecule has 2 aromatic carbocycles. The number of carboxylic acids is 1. The average Bonchev–Trinajstić information content (AvgIpc) is 2.98. The first-order valence-corrected chi connectivity index (χ1v) is 9.50. The first-order valence-electron chi connectivity index (χ1n) is 8.68. The third-order valence-electron chi connectivity index (χ3n) is 4.06. The number of aliphatic carboxylic acids is 1. The van der Waals surface area contributed by atoms with Crippen molar-refractivity contribution in [3.63, 3.8) is 0 Å². The van der Waals surface area contributed by atoms with Crippen LogP contribution in [0.15, 0.2) is 52.4 Å². The predicted molar refractivity (Wildman–Crippen MR) is 111 cm³/mol. The van der Waals surface area contributed by atoms with Crippen molar-refractivity contribution in [3.05, 3.63) is 64.1 Å². The van der Waals surface area contributed by atoms with Crippen LogP contribution in [0.1, 0.15) is 23.6 Å². The number of hydrogen-bond acceptors (Lipinski definition) is 5. The lowest BCUT2D eigenvalue weighted by atomic mass is 10.1. The number of aryl methyl sites for hydroxylation is 2. The number of aliphatic imine (C=N–C) groups is 1. The maximum absolute atomic E-state index is 12.2. The molecule has 0 aliphatic carbocycles. The standard InChI is InChI=1S/C21H20N2O4S/c1-12-4-9-17(13(2)10-12)22-21-23-19(24)18(28-21)11-15-5-7-16(8-6-15)27-14(3)20(25)26/h4-11,14H,1-3H3,(H,25,26)(H,22,23,24)/b18-11-/t14-/m1/s1. The van der Waals surface area contributed by atoms with Crippen LogP contribution in [0.3, 0.4) is 0 Å². The molecule has 2 N–H and O–H groups in total. The number of benzene rings is 2. The second-order valence-corrected chi connectivity index (χ2v) is 7.47. The minimum absolute atomic E-state index is 0.201. The van der Waals surface area contributed by atoms with Gasteiger partial charge in [0.25, 0.3) is 5.91 Å². The molecule has 2 aromatic rings. The summed E-state index contributed by atoms with van der Waals surface area (Å²) in [7, 11) is 0. The normalized spacial score (nSPS) is 17.6. The summed E-state index contributed by atoms with van der Waals surface area (Å²) >= 11 is 1.28. The number of amides is 1. The molecule has 1 atom stereocenters. The van der Waals surface area contributed by atoms with Crippen LogP contribution in [0.25, 0.3) is 6.08 Å². The van der Waals surface area contributed by atoms with E-state index in [1.807, 2.05) is 32.0 Å². The molecular weight excluding hydrogens is 376 g/mol. The molecule has 28 heavy (non-hydrogen) atoms. The highest BCUT2D eigenvalue weighted by Crippen LogP contribution is 2.29. The van der Waals surface area contributed by atoms with Crippen molar-refractivity contribution >= 4 is 40.6 Å². The van der Waals surface area contributed by atoms with Gasteiger partial charge in [0, 0.05) is 0 Å². The zero-order chi connectivity index (χ0) is 20.3. The van der Waals surface area contributed by atoms with Crippen LogP contribution in [0, 0.1) is 13.8 Å². The number of nitrogens with one attached hydrogen (secondary N) is 1. The van der Waals surface area contributed by atoms with Gasteiger partial charge in [0.1, 0.15) is 5.75 Å². The third-order valence-corrected chi connectivity index (χ3v) is 4.97. The molecule has 1 saturated heterocycles. The smallest absolute Gasteiger partial charge is 0.344 e. The van der Waals surface area contributed by atoms with Crippen molar-refractivity contribution in [3.8, 4) is 5.75 Å². The van der Waals surface area contributed by atoms with Gasteiger partial charge in [0.05, 0.1) is 10.6 Å². The van der Waals surface area contributed by atoms with Gasteiger partial charge in [0.2, 0.25) is 0 Å². The van der Waals surface area contributed by atoms with Crippen LogP contribution in [0.2, 0.25) is 0 Å². The molecule has 0 unspecified atom stereocenters. The molecule has 1 heterocycles. The Labute approximate surface area is 167 Å².